The van der Waals surface area contributed by atoms with Crippen LogP contribution >= 0.6 is 0 Å². The third-order valence-electron chi connectivity index (χ3n) is 3.52. The van der Waals surface area contributed by atoms with E-state index in [0.29, 0.717) is 11.3 Å². The number of amides is 3. The Hall–Kier alpha value is -2.71. The van der Waals surface area contributed by atoms with Gasteiger partial charge in [-0.3, -0.25) is 9.59 Å². The number of anilines is 1. The molecule has 0 aromatic heterocycles. The summed E-state index contributed by atoms with van der Waals surface area (Å²) in [5.74, 6) is -0.880. The quantitative estimate of drug-likeness (QED) is 0.674. The van der Waals surface area contributed by atoms with Crippen LogP contribution in [0.1, 0.15) is 32.4 Å². The zero-order valence-corrected chi connectivity index (χ0v) is 14.8. The molecule has 1 aliphatic heterocycles. The first-order valence-corrected chi connectivity index (χ1v) is 8.07. The average Bonchev–Trinajstić information content (AvgIpc) is 2.89. The number of benzene rings is 1. The fraction of sp³-hybridized carbons (Fsp3) is 0.389. The van der Waals surface area contributed by atoms with Crippen molar-refractivity contribution in [3.8, 4) is 0 Å². The molecule has 2 rings (SSSR count). The summed E-state index contributed by atoms with van der Waals surface area (Å²) in [5, 5.41) is 22.6. The van der Waals surface area contributed by atoms with E-state index in [0.717, 1.165) is 4.90 Å². The molecule has 3 amide bonds. The first-order valence-electron chi connectivity index (χ1n) is 8.07. The summed E-state index contributed by atoms with van der Waals surface area (Å²) in [5.41, 5.74) is 0.0737. The lowest BCUT2D eigenvalue weighted by Gasteiger charge is -2.22. The molecule has 2 unspecified atom stereocenters. The number of carbonyl (C=O) groups excluding carboxylic acids is 3. The second kappa shape index (κ2) is 7.67. The Labute approximate surface area is 151 Å². The molecule has 140 valence electrons. The molecule has 26 heavy (non-hydrogen) atoms. The molecule has 1 heterocycles. The van der Waals surface area contributed by atoms with Crippen molar-refractivity contribution in [2.24, 2.45) is 0 Å². The standard InChI is InChI=1S/C18H22N2O6/c1-18(2,3)26-17(25)19-10-13(21)16(24)11-4-6-12(7-5-11)20-14(22)8-9-15(20)23/h4-9,13,16,21,24H,10H2,1-3H3,(H,19,25). The number of carbonyl (C=O) groups is 3. The van der Waals surface area contributed by atoms with Gasteiger partial charge in [-0.15, -0.1) is 0 Å². The minimum atomic E-state index is -1.26. The molecule has 0 spiro atoms. The largest absolute Gasteiger partial charge is 0.444 e. The predicted octanol–water partition coefficient (Wildman–Crippen LogP) is 1.04. The van der Waals surface area contributed by atoms with Gasteiger partial charge in [-0.1, -0.05) is 12.1 Å². The molecule has 0 saturated carbocycles. The summed E-state index contributed by atoms with van der Waals surface area (Å²) in [6.45, 7) is 4.94. The third-order valence-corrected chi connectivity index (χ3v) is 3.52. The van der Waals surface area contributed by atoms with E-state index in [1.807, 2.05) is 0 Å². The first kappa shape index (κ1) is 19.6. The highest BCUT2D eigenvalue weighted by Gasteiger charge is 2.26. The predicted molar refractivity (Wildman–Crippen MR) is 93.3 cm³/mol. The van der Waals surface area contributed by atoms with Crippen molar-refractivity contribution in [2.75, 3.05) is 11.4 Å². The number of alkyl carbamates (subject to hydrolysis) is 1. The molecule has 0 aliphatic carbocycles. The van der Waals surface area contributed by atoms with Gasteiger partial charge in [0.15, 0.2) is 0 Å². The average molecular weight is 362 g/mol. The SMILES string of the molecule is CC(C)(C)OC(=O)NCC(O)C(O)c1ccc(N2C(=O)C=CC2=O)cc1. The Morgan fingerprint density at radius 3 is 2.15 bits per heavy atom. The Morgan fingerprint density at radius 1 is 1.12 bits per heavy atom. The van der Waals surface area contributed by atoms with Crippen LogP contribution in [0.5, 0.6) is 0 Å². The van der Waals surface area contributed by atoms with E-state index in [1.165, 1.54) is 36.4 Å². The van der Waals surface area contributed by atoms with E-state index in [1.54, 1.807) is 20.8 Å². The number of rotatable bonds is 5. The molecule has 0 bridgehead atoms. The number of imide groups is 1. The highest BCUT2D eigenvalue weighted by Crippen LogP contribution is 2.23. The van der Waals surface area contributed by atoms with Crippen LogP contribution in [0.2, 0.25) is 0 Å². The Bertz CT molecular complexity index is 702. The first-order chi connectivity index (χ1) is 12.1. The molecule has 0 fully saturated rings. The van der Waals surface area contributed by atoms with Crippen molar-refractivity contribution in [1.82, 2.24) is 5.32 Å². The lowest BCUT2D eigenvalue weighted by molar-refractivity contribution is -0.119. The smallest absolute Gasteiger partial charge is 0.407 e. The number of hydrogen-bond acceptors (Lipinski definition) is 6. The molecule has 8 heteroatoms. The van der Waals surface area contributed by atoms with Gasteiger partial charge in [0.25, 0.3) is 11.8 Å². The van der Waals surface area contributed by atoms with Gasteiger partial charge >= 0.3 is 6.09 Å². The lowest BCUT2D eigenvalue weighted by atomic mass is 10.0. The molecule has 8 nitrogen and oxygen atoms in total. The molecule has 0 radical (unpaired) electrons. The van der Waals surface area contributed by atoms with E-state index in [4.69, 9.17) is 4.74 Å². The van der Waals surface area contributed by atoms with Crippen LogP contribution < -0.4 is 10.2 Å². The topological polar surface area (TPSA) is 116 Å². The second-order valence-corrected chi connectivity index (χ2v) is 6.83. The van der Waals surface area contributed by atoms with E-state index in [2.05, 4.69) is 5.32 Å². The Kier molecular flexibility index (Phi) is 5.79. The van der Waals surface area contributed by atoms with E-state index >= 15 is 0 Å². The van der Waals surface area contributed by atoms with Crippen LogP contribution in [0, 0.1) is 0 Å². The third kappa shape index (κ3) is 4.90. The van der Waals surface area contributed by atoms with Gasteiger partial charge in [0.1, 0.15) is 17.8 Å². The van der Waals surface area contributed by atoms with Crippen LogP contribution in [-0.2, 0) is 14.3 Å². The maximum atomic E-state index is 11.6. The van der Waals surface area contributed by atoms with Crippen molar-refractivity contribution in [3.63, 3.8) is 0 Å². The number of aliphatic hydroxyl groups excluding tert-OH is 2. The van der Waals surface area contributed by atoms with E-state index in [-0.39, 0.29) is 6.54 Å². The number of nitrogens with one attached hydrogen (secondary N) is 1. The summed E-state index contributed by atoms with van der Waals surface area (Å²) in [7, 11) is 0. The van der Waals surface area contributed by atoms with Crippen LogP contribution in [-0.4, -0.2) is 46.4 Å². The van der Waals surface area contributed by atoms with Gasteiger partial charge in [-0.25, -0.2) is 9.69 Å². The summed E-state index contributed by atoms with van der Waals surface area (Å²) >= 11 is 0. The molecule has 2 atom stereocenters. The van der Waals surface area contributed by atoms with Crippen molar-refractivity contribution < 1.29 is 29.3 Å². The number of hydrogen-bond donors (Lipinski definition) is 3. The lowest BCUT2D eigenvalue weighted by Crippen LogP contribution is -2.38. The van der Waals surface area contributed by atoms with Gasteiger partial charge < -0.3 is 20.3 Å². The molecular formula is C18H22N2O6. The number of aliphatic hydroxyl groups is 2. The summed E-state index contributed by atoms with van der Waals surface area (Å²) in [4.78, 5) is 35.8. The molecule has 1 aliphatic rings. The van der Waals surface area contributed by atoms with Crippen LogP contribution in [0.3, 0.4) is 0 Å². The fourth-order valence-corrected chi connectivity index (χ4v) is 2.31. The van der Waals surface area contributed by atoms with Crippen molar-refractivity contribution >= 4 is 23.6 Å². The van der Waals surface area contributed by atoms with Crippen molar-refractivity contribution in [2.45, 2.75) is 38.6 Å². The summed E-state index contributed by atoms with van der Waals surface area (Å²) in [6, 6.07) is 5.98. The van der Waals surface area contributed by atoms with Crippen molar-refractivity contribution in [3.05, 3.63) is 42.0 Å². The highest BCUT2D eigenvalue weighted by atomic mass is 16.6. The number of ether oxygens (including phenoxy) is 1. The molecule has 1 aromatic carbocycles. The summed E-state index contributed by atoms with van der Waals surface area (Å²) < 4.78 is 5.05. The van der Waals surface area contributed by atoms with Gasteiger partial charge in [-0.2, -0.15) is 0 Å². The Balaban J connectivity index is 1.94. The minimum absolute atomic E-state index is 0.204. The van der Waals surface area contributed by atoms with Crippen LogP contribution in [0.25, 0.3) is 0 Å². The van der Waals surface area contributed by atoms with E-state index < -0.39 is 35.7 Å². The number of nitrogens with zero attached hydrogens (tertiary/aromatic N) is 1. The highest BCUT2D eigenvalue weighted by molar-refractivity contribution is 6.28. The monoisotopic (exact) mass is 362 g/mol. The zero-order chi connectivity index (χ0) is 19.5. The van der Waals surface area contributed by atoms with Gasteiger partial charge in [0.2, 0.25) is 0 Å². The normalized spacial score (nSPS) is 16.6. The van der Waals surface area contributed by atoms with Gasteiger partial charge in [0, 0.05) is 18.7 Å². The van der Waals surface area contributed by atoms with Crippen LogP contribution in [0.4, 0.5) is 10.5 Å². The Morgan fingerprint density at radius 2 is 1.65 bits per heavy atom. The minimum Gasteiger partial charge on any atom is -0.444 e. The molecule has 3 N–H and O–H groups in total. The fourth-order valence-electron chi connectivity index (χ4n) is 2.31. The van der Waals surface area contributed by atoms with Crippen LogP contribution in [0.15, 0.2) is 36.4 Å². The van der Waals surface area contributed by atoms with E-state index in [9.17, 15) is 24.6 Å². The molecule has 0 saturated heterocycles. The van der Waals surface area contributed by atoms with Gasteiger partial charge in [-0.05, 0) is 38.5 Å². The maximum Gasteiger partial charge on any atom is 0.407 e. The second-order valence-electron chi connectivity index (χ2n) is 6.83. The molecular weight excluding hydrogens is 340 g/mol. The van der Waals surface area contributed by atoms with Gasteiger partial charge in [0.05, 0.1) is 5.69 Å². The summed E-state index contributed by atoms with van der Waals surface area (Å²) in [6.07, 6.45) is -0.862. The maximum absolute atomic E-state index is 11.6. The van der Waals surface area contributed by atoms with Crippen molar-refractivity contribution in [1.29, 1.82) is 0 Å². The molecule has 1 aromatic rings. The zero-order valence-electron chi connectivity index (χ0n) is 14.8.